The van der Waals surface area contributed by atoms with Crippen molar-refractivity contribution in [1.29, 1.82) is 0 Å². The second kappa shape index (κ2) is 7.83. The van der Waals surface area contributed by atoms with Crippen LogP contribution in [0.2, 0.25) is 0 Å². The lowest BCUT2D eigenvalue weighted by atomic mass is 10.1. The molecule has 2 aromatic heterocycles. The zero-order valence-corrected chi connectivity index (χ0v) is 15.7. The van der Waals surface area contributed by atoms with Gasteiger partial charge in [0.15, 0.2) is 0 Å². The molecule has 2 heterocycles. The Balaban J connectivity index is 1.78. The van der Waals surface area contributed by atoms with Gasteiger partial charge in [-0.1, -0.05) is 30.3 Å². The monoisotopic (exact) mass is 404 g/mol. The van der Waals surface area contributed by atoms with Gasteiger partial charge < -0.3 is 15.0 Å². The van der Waals surface area contributed by atoms with Crippen LogP contribution in [0.25, 0.3) is 10.9 Å². The van der Waals surface area contributed by atoms with Crippen LogP contribution >= 0.6 is 0 Å². The molecule has 0 unspecified atom stereocenters. The molecule has 4 aromatic rings. The summed E-state index contributed by atoms with van der Waals surface area (Å²) in [5.74, 6) is -0.375. The quantitative estimate of drug-likeness (QED) is 0.298. The summed E-state index contributed by atoms with van der Waals surface area (Å²) in [5.41, 5.74) is 2.53. The number of para-hydroxylation sites is 2. The van der Waals surface area contributed by atoms with Crippen molar-refractivity contribution < 1.29 is 9.90 Å². The maximum absolute atomic E-state index is 13.0. The van der Waals surface area contributed by atoms with Gasteiger partial charge in [-0.25, -0.2) is 10.2 Å². The zero-order valence-electron chi connectivity index (χ0n) is 15.7. The molecule has 2 aromatic carbocycles. The minimum absolute atomic E-state index is 0.0716. The van der Waals surface area contributed by atoms with E-state index in [-0.39, 0.29) is 22.8 Å². The molecule has 0 atom stereocenters. The molecular weight excluding hydrogens is 388 g/mol. The molecular formula is C19H16N8O3. The molecule has 0 radical (unpaired) electrons. The van der Waals surface area contributed by atoms with E-state index in [1.54, 1.807) is 55.6 Å². The highest BCUT2D eigenvalue weighted by Gasteiger charge is 2.24. The van der Waals surface area contributed by atoms with Crippen molar-refractivity contribution in [3.8, 4) is 5.75 Å². The first-order valence-electron chi connectivity index (χ1n) is 8.81. The Morgan fingerprint density at radius 2 is 1.87 bits per heavy atom. The van der Waals surface area contributed by atoms with Crippen molar-refractivity contribution in [2.24, 2.45) is 12.1 Å². The van der Waals surface area contributed by atoms with Crippen molar-refractivity contribution in [2.75, 3.05) is 5.32 Å². The Kier molecular flexibility index (Phi) is 4.91. The number of fused-ring (bicyclic) bond motifs is 1. The fraction of sp³-hybridized carbons (Fsp3) is 0.0526. The number of nitrogens with one attached hydrogen (secondary N) is 3. The summed E-state index contributed by atoms with van der Waals surface area (Å²) in [4.78, 5) is 25.2. The van der Waals surface area contributed by atoms with Crippen molar-refractivity contribution in [2.45, 2.75) is 0 Å². The molecule has 2 amide bonds. The lowest BCUT2D eigenvalue weighted by Crippen LogP contribution is -2.30. The molecule has 4 rings (SSSR count). The number of hydrazone groups is 1. The third-order valence-electron chi connectivity index (χ3n) is 4.37. The summed E-state index contributed by atoms with van der Waals surface area (Å²) >= 11 is 0. The maximum Gasteiger partial charge on any atom is 0.339 e. The van der Waals surface area contributed by atoms with E-state index in [2.05, 4.69) is 36.5 Å². The van der Waals surface area contributed by atoms with Crippen LogP contribution in [0.3, 0.4) is 0 Å². The zero-order chi connectivity index (χ0) is 21.1. The van der Waals surface area contributed by atoms with Crippen LogP contribution < -0.4 is 16.3 Å². The van der Waals surface area contributed by atoms with Gasteiger partial charge in [0.2, 0.25) is 5.82 Å². The van der Waals surface area contributed by atoms with E-state index < -0.39 is 11.6 Å². The van der Waals surface area contributed by atoms with Gasteiger partial charge in [0.1, 0.15) is 17.0 Å². The number of H-pyrrole nitrogens is 1. The van der Waals surface area contributed by atoms with E-state index in [0.29, 0.717) is 16.6 Å². The molecule has 0 aliphatic carbocycles. The van der Waals surface area contributed by atoms with E-state index in [1.807, 2.05) is 6.07 Å². The summed E-state index contributed by atoms with van der Waals surface area (Å²) in [5, 5.41) is 31.3. The molecule has 0 saturated heterocycles. The third-order valence-corrected chi connectivity index (χ3v) is 4.37. The molecule has 0 saturated carbocycles. The predicted octanol–water partition coefficient (Wildman–Crippen LogP) is 1.33. The summed E-state index contributed by atoms with van der Waals surface area (Å²) < 4.78 is 1.37. The number of hydrogen-bond acceptors (Lipinski definition) is 7. The Hall–Kier alpha value is -4.54. The van der Waals surface area contributed by atoms with Gasteiger partial charge in [0.05, 0.1) is 5.52 Å². The largest absolute Gasteiger partial charge is 0.506 e. The number of aromatic nitrogens is 5. The summed E-state index contributed by atoms with van der Waals surface area (Å²) in [7, 11) is 1.57. The highest BCUT2D eigenvalue weighted by Crippen LogP contribution is 2.27. The van der Waals surface area contributed by atoms with Crippen molar-refractivity contribution in [1.82, 2.24) is 30.6 Å². The highest BCUT2D eigenvalue weighted by molar-refractivity contribution is 6.14. The number of carbonyl (C=O) groups excluding carboxylic acids is 1. The first-order chi connectivity index (χ1) is 14.6. The van der Waals surface area contributed by atoms with Crippen LogP contribution in [0.5, 0.6) is 5.75 Å². The molecule has 150 valence electrons. The van der Waals surface area contributed by atoms with Crippen LogP contribution in [0.15, 0.2) is 64.5 Å². The number of carbonyl (C=O) groups is 1. The highest BCUT2D eigenvalue weighted by atomic mass is 16.3. The molecule has 11 nitrogen and oxygen atoms in total. The second-order valence-corrected chi connectivity index (χ2v) is 6.23. The average Bonchev–Trinajstić information content (AvgIpc) is 3.30. The lowest BCUT2D eigenvalue weighted by Gasteiger charge is -2.12. The summed E-state index contributed by atoms with van der Waals surface area (Å²) in [6, 6.07) is 14.9. The number of amides is 2. The number of aromatic amines is 1. The molecule has 0 aliphatic heterocycles. The Labute approximate surface area is 169 Å². The minimum Gasteiger partial charge on any atom is -0.506 e. The van der Waals surface area contributed by atoms with E-state index in [9.17, 15) is 14.7 Å². The number of tetrazole rings is 1. The van der Waals surface area contributed by atoms with Crippen LogP contribution in [0, 0.1) is 0 Å². The summed E-state index contributed by atoms with van der Waals surface area (Å²) in [6.07, 6.45) is 0. The number of rotatable bonds is 4. The van der Waals surface area contributed by atoms with Crippen LogP contribution in [-0.4, -0.2) is 42.0 Å². The van der Waals surface area contributed by atoms with Gasteiger partial charge in [-0.2, -0.15) is 10.3 Å². The number of aryl methyl sites for hydroxylation is 1. The van der Waals surface area contributed by atoms with Crippen molar-refractivity contribution in [3.05, 3.63) is 76.3 Å². The summed E-state index contributed by atoms with van der Waals surface area (Å²) in [6.45, 7) is 0. The van der Waals surface area contributed by atoms with E-state index in [4.69, 9.17) is 0 Å². The van der Waals surface area contributed by atoms with Crippen LogP contribution in [0.1, 0.15) is 11.4 Å². The predicted molar refractivity (Wildman–Crippen MR) is 109 cm³/mol. The number of pyridine rings is 1. The van der Waals surface area contributed by atoms with Crippen LogP contribution in [0.4, 0.5) is 10.5 Å². The van der Waals surface area contributed by atoms with Crippen LogP contribution in [-0.2, 0) is 7.05 Å². The third kappa shape index (κ3) is 3.46. The molecule has 0 spiro atoms. The first kappa shape index (κ1) is 18.8. The smallest absolute Gasteiger partial charge is 0.339 e. The van der Waals surface area contributed by atoms with Gasteiger partial charge in [-0.3, -0.25) is 4.79 Å². The molecule has 30 heavy (non-hydrogen) atoms. The first-order valence-corrected chi connectivity index (χ1v) is 8.81. The SMILES string of the molecule is Cn1c(=O)c(/C(=N/NC(=O)Nc2ccccc2)c2nn[nH]n2)c(O)c2ccccc21. The molecule has 11 heteroatoms. The average molecular weight is 404 g/mol. The number of nitrogens with zero attached hydrogens (tertiary/aromatic N) is 5. The van der Waals surface area contributed by atoms with Crippen molar-refractivity contribution >= 4 is 28.3 Å². The minimum atomic E-state index is -0.653. The topological polar surface area (TPSA) is 150 Å². The normalized spacial score (nSPS) is 11.4. The van der Waals surface area contributed by atoms with E-state index >= 15 is 0 Å². The second-order valence-electron chi connectivity index (χ2n) is 6.23. The Morgan fingerprint density at radius 1 is 1.13 bits per heavy atom. The van der Waals surface area contributed by atoms with Gasteiger partial charge >= 0.3 is 6.03 Å². The standard InChI is InChI=1S/C19H16N8O3/c1-27-13-10-6-5-9-12(13)16(28)14(18(27)29)15(17-22-25-26-23-17)21-24-19(30)20-11-7-3-2-4-8-11/h2-10,28H,1H3,(H2,20,24,30)(H,22,23,25,26)/b21-15-. The van der Waals surface area contributed by atoms with Gasteiger partial charge in [-0.05, 0) is 29.5 Å². The maximum atomic E-state index is 13.0. The molecule has 0 aliphatic rings. The fourth-order valence-electron chi connectivity index (χ4n) is 2.96. The Morgan fingerprint density at radius 3 is 2.60 bits per heavy atom. The number of urea groups is 1. The number of hydrogen-bond donors (Lipinski definition) is 4. The Bertz CT molecular complexity index is 1300. The van der Waals surface area contributed by atoms with Gasteiger partial charge in [0.25, 0.3) is 5.56 Å². The fourth-order valence-corrected chi connectivity index (χ4v) is 2.96. The molecule has 4 N–H and O–H groups in total. The number of anilines is 1. The number of benzene rings is 2. The van der Waals surface area contributed by atoms with E-state index in [1.165, 1.54) is 4.57 Å². The van der Waals surface area contributed by atoms with Gasteiger partial charge in [-0.15, -0.1) is 10.2 Å². The number of aromatic hydroxyl groups is 1. The molecule has 0 fully saturated rings. The molecule has 0 bridgehead atoms. The van der Waals surface area contributed by atoms with Gasteiger partial charge in [0, 0.05) is 18.1 Å². The van der Waals surface area contributed by atoms with E-state index in [0.717, 1.165) is 0 Å². The van der Waals surface area contributed by atoms with Crippen molar-refractivity contribution in [3.63, 3.8) is 0 Å². The lowest BCUT2D eigenvalue weighted by molar-refractivity contribution is 0.252.